The van der Waals surface area contributed by atoms with Crippen LogP contribution in [0.1, 0.15) is 25.6 Å². The van der Waals surface area contributed by atoms with Gasteiger partial charge in [-0.2, -0.15) is 0 Å². The van der Waals surface area contributed by atoms with Crippen molar-refractivity contribution in [3.05, 3.63) is 30.1 Å². The summed E-state index contributed by atoms with van der Waals surface area (Å²) in [6.45, 7) is 3.09. The molecule has 88 valence electrons. The van der Waals surface area contributed by atoms with Gasteiger partial charge in [-0.1, -0.05) is 6.07 Å². The molecule has 1 aromatic heterocycles. The van der Waals surface area contributed by atoms with Crippen LogP contribution in [-0.2, 0) is 4.79 Å². The molecule has 0 saturated heterocycles. The lowest BCUT2D eigenvalue weighted by Gasteiger charge is -2.21. The average molecular weight is 224 g/mol. The zero-order chi connectivity index (χ0) is 12.2. The molecular weight excluding hydrogens is 208 g/mol. The number of hydrogen-bond donors (Lipinski definition) is 3. The fraction of sp³-hybridized carbons (Fsp3) is 0.455. The van der Waals surface area contributed by atoms with E-state index in [1.54, 1.807) is 6.20 Å². The number of aliphatic carboxylic acids is 1. The Kier molecular flexibility index (Phi) is 3.98. The molecule has 0 bridgehead atoms. The van der Waals surface area contributed by atoms with E-state index in [4.69, 9.17) is 5.11 Å². The topological polar surface area (TPSA) is 82.5 Å². The number of hydrogen-bond acceptors (Lipinski definition) is 4. The van der Waals surface area contributed by atoms with Gasteiger partial charge in [-0.15, -0.1) is 0 Å². The maximum absolute atomic E-state index is 10.7. The van der Waals surface area contributed by atoms with E-state index in [1.807, 2.05) is 25.1 Å². The summed E-state index contributed by atoms with van der Waals surface area (Å²) in [6.07, 6.45) is 1.67. The first-order chi connectivity index (χ1) is 7.43. The van der Waals surface area contributed by atoms with Crippen molar-refractivity contribution in [3.63, 3.8) is 0 Å². The Labute approximate surface area is 94.1 Å². The van der Waals surface area contributed by atoms with Crippen molar-refractivity contribution in [1.29, 1.82) is 0 Å². The Morgan fingerprint density at radius 2 is 2.31 bits per heavy atom. The van der Waals surface area contributed by atoms with Crippen LogP contribution in [0.25, 0.3) is 0 Å². The molecule has 0 aliphatic rings. The van der Waals surface area contributed by atoms with E-state index in [-0.39, 0.29) is 12.6 Å². The summed E-state index contributed by atoms with van der Waals surface area (Å²) in [6, 6.07) is 5.40. The highest BCUT2D eigenvalue weighted by Crippen LogP contribution is 2.10. The smallest absolute Gasteiger partial charge is 0.336 e. The highest BCUT2D eigenvalue weighted by Gasteiger charge is 2.30. The SMILES string of the molecule is C[C@H](NCC(C)(O)C(=O)O)c1ccccn1. The summed E-state index contributed by atoms with van der Waals surface area (Å²) in [5, 5.41) is 21.2. The van der Waals surface area contributed by atoms with Gasteiger partial charge in [-0.3, -0.25) is 4.98 Å². The minimum Gasteiger partial charge on any atom is -0.479 e. The van der Waals surface area contributed by atoms with Gasteiger partial charge in [0, 0.05) is 18.8 Å². The van der Waals surface area contributed by atoms with Crippen molar-refractivity contribution in [2.24, 2.45) is 0 Å². The second kappa shape index (κ2) is 5.05. The quantitative estimate of drug-likeness (QED) is 0.681. The van der Waals surface area contributed by atoms with Gasteiger partial charge in [0.05, 0.1) is 5.69 Å². The summed E-state index contributed by atoms with van der Waals surface area (Å²) in [5.74, 6) is -1.24. The van der Waals surface area contributed by atoms with E-state index >= 15 is 0 Å². The molecular formula is C11H16N2O3. The van der Waals surface area contributed by atoms with Gasteiger partial charge in [0.1, 0.15) is 0 Å². The van der Waals surface area contributed by atoms with Crippen molar-refractivity contribution in [1.82, 2.24) is 10.3 Å². The van der Waals surface area contributed by atoms with Crippen LogP contribution >= 0.6 is 0 Å². The van der Waals surface area contributed by atoms with Gasteiger partial charge >= 0.3 is 5.97 Å². The molecule has 1 heterocycles. The maximum Gasteiger partial charge on any atom is 0.336 e. The number of pyridine rings is 1. The molecule has 0 radical (unpaired) electrons. The fourth-order valence-electron chi connectivity index (χ4n) is 1.16. The lowest BCUT2D eigenvalue weighted by Crippen LogP contribution is -2.45. The summed E-state index contributed by atoms with van der Waals surface area (Å²) in [7, 11) is 0. The van der Waals surface area contributed by atoms with Crippen LogP contribution in [0.4, 0.5) is 0 Å². The minimum atomic E-state index is -1.76. The zero-order valence-corrected chi connectivity index (χ0v) is 9.34. The number of nitrogens with one attached hydrogen (secondary N) is 1. The third-order valence-electron chi connectivity index (χ3n) is 2.34. The normalized spacial score (nSPS) is 16.4. The van der Waals surface area contributed by atoms with Crippen molar-refractivity contribution in [2.45, 2.75) is 25.5 Å². The largest absolute Gasteiger partial charge is 0.479 e. The summed E-state index contributed by atoms with van der Waals surface area (Å²) in [5.41, 5.74) is -0.952. The molecule has 0 spiro atoms. The first kappa shape index (κ1) is 12.6. The molecule has 0 saturated carbocycles. The van der Waals surface area contributed by atoms with Crippen LogP contribution in [0.2, 0.25) is 0 Å². The molecule has 1 aromatic rings. The number of aromatic nitrogens is 1. The molecule has 0 aromatic carbocycles. The van der Waals surface area contributed by atoms with Gasteiger partial charge in [-0.05, 0) is 26.0 Å². The zero-order valence-electron chi connectivity index (χ0n) is 9.34. The Bertz CT molecular complexity index is 352. The molecule has 2 atom stereocenters. The van der Waals surface area contributed by atoms with Crippen LogP contribution in [0.3, 0.4) is 0 Å². The highest BCUT2D eigenvalue weighted by atomic mass is 16.4. The van der Waals surface area contributed by atoms with Crippen LogP contribution in [0.5, 0.6) is 0 Å². The summed E-state index contributed by atoms with van der Waals surface area (Å²) in [4.78, 5) is 14.8. The second-order valence-electron chi connectivity index (χ2n) is 3.94. The van der Waals surface area contributed by atoms with Gasteiger partial charge < -0.3 is 15.5 Å². The van der Waals surface area contributed by atoms with Gasteiger partial charge in [-0.25, -0.2) is 4.79 Å². The highest BCUT2D eigenvalue weighted by molar-refractivity contribution is 5.76. The molecule has 16 heavy (non-hydrogen) atoms. The van der Waals surface area contributed by atoms with E-state index in [1.165, 1.54) is 6.92 Å². The molecule has 5 heteroatoms. The predicted molar refractivity (Wildman–Crippen MR) is 58.9 cm³/mol. The minimum absolute atomic E-state index is 0.0277. The lowest BCUT2D eigenvalue weighted by atomic mass is 10.1. The summed E-state index contributed by atoms with van der Waals surface area (Å²) >= 11 is 0. The third kappa shape index (κ3) is 3.29. The van der Waals surface area contributed by atoms with Crippen LogP contribution in [0.15, 0.2) is 24.4 Å². The molecule has 1 unspecified atom stereocenters. The Morgan fingerprint density at radius 1 is 1.62 bits per heavy atom. The van der Waals surface area contributed by atoms with Crippen molar-refractivity contribution in [3.8, 4) is 0 Å². The van der Waals surface area contributed by atoms with E-state index in [2.05, 4.69) is 10.3 Å². The van der Waals surface area contributed by atoms with Crippen molar-refractivity contribution >= 4 is 5.97 Å². The van der Waals surface area contributed by atoms with E-state index in [0.29, 0.717) is 0 Å². The summed E-state index contributed by atoms with van der Waals surface area (Å²) < 4.78 is 0. The molecule has 0 aliphatic heterocycles. The van der Waals surface area contributed by atoms with E-state index in [9.17, 15) is 9.90 Å². The van der Waals surface area contributed by atoms with Gasteiger partial charge in [0.25, 0.3) is 0 Å². The predicted octanol–water partition coefficient (Wildman–Crippen LogP) is 0.568. The van der Waals surface area contributed by atoms with Gasteiger partial charge in [0.2, 0.25) is 0 Å². The van der Waals surface area contributed by atoms with Crippen LogP contribution in [-0.4, -0.2) is 33.3 Å². The molecule has 0 aliphatic carbocycles. The number of rotatable bonds is 5. The standard InChI is InChI=1S/C11H16N2O3/c1-8(9-5-3-4-6-12-9)13-7-11(2,16)10(14)15/h3-6,8,13,16H,7H2,1-2H3,(H,14,15)/t8-,11?/m0/s1. The Hall–Kier alpha value is -1.46. The van der Waals surface area contributed by atoms with Crippen molar-refractivity contribution in [2.75, 3.05) is 6.54 Å². The first-order valence-corrected chi connectivity index (χ1v) is 5.03. The van der Waals surface area contributed by atoms with E-state index in [0.717, 1.165) is 5.69 Å². The monoisotopic (exact) mass is 224 g/mol. The lowest BCUT2D eigenvalue weighted by molar-refractivity contribution is -0.156. The Balaban J connectivity index is 2.54. The number of carboxylic acid groups (broad SMARTS) is 1. The molecule has 5 nitrogen and oxygen atoms in total. The maximum atomic E-state index is 10.7. The Morgan fingerprint density at radius 3 is 2.81 bits per heavy atom. The van der Waals surface area contributed by atoms with E-state index < -0.39 is 11.6 Å². The second-order valence-corrected chi connectivity index (χ2v) is 3.94. The number of aliphatic hydroxyl groups is 1. The average Bonchev–Trinajstić information content (AvgIpc) is 2.27. The molecule has 1 rings (SSSR count). The third-order valence-corrected chi connectivity index (χ3v) is 2.34. The fourth-order valence-corrected chi connectivity index (χ4v) is 1.16. The molecule has 0 fully saturated rings. The number of carbonyl (C=O) groups is 1. The number of carboxylic acids is 1. The van der Waals surface area contributed by atoms with Crippen LogP contribution < -0.4 is 5.32 Å². The van der Waals surface area contributed by atoms with Gasteiger partial charge in [0.15, 0.2) is 5.60 Å². The van der Waals surface area contributed by atoms with Crippen LogP contribution in [0, 0.1) is 0 Å². The number of nitrogens with zero attached hydrogens (tertiary/aromatic N) is 1. The molecule has 3 N–H and O–H groups in total. The van der Waals surface area contributed by atoms with Crippen molar-refractivity contribution < 1.29 is 15.0 Å². The molecule has 0 amide bonds. The first-order valence-electron chi connectivity index (χ1n) is 5.03.